The first-order valence-electron chi connectivity index (χ1n) is 8.55. The van der Waals surface area contributed by atoms with E-state index in [1.165, 1.54) is 43.4 Å². The van der Waals surface area contributed by atoms with Crippen LogP contribution >= 0.6 is 11.3 Å². The van der Waals surface area contributed by atoms with Crippen molar-refractivity contribution in [2.75, 3.05) is 20.1 Å². The minimum Gasteiger partial charge on any atom is -0.355 e. The van der Waals surface area contributed by atoms with Crippen molar-refractivity contribution >= 4 is 27.3 Å². The van der Waals surface area contributed by atoms with Crippen molar-refractivity contribution in [3.05, 3.63) is 17.5 Å². The Labute approximate surface area is 149 Å². The second-order valence-corrected chi connectivity index (χ2v) is 9.04. The van der Waals surface area contributed by atoms with Gasteiger partial charge in [-0.3, -0.25) is 4.99 Å². The van der Waals surface area contributed by atoms with Crippen LogP contribution in [0.15, 0.2) is 26.7 Å². The molecule has 1 aromatic heterocycles. The van der Waals surface area contributed by atoms with Crippen molar-refractivity contribution in [2.24, 2.45) is 10.9 Å². The standard InChI is InChI=1S/C16H28N4O2S2/c1-3-13-6-8-14(9-7-13)20-16(17-2)18-10-11-19-24(21,22)15-5-4-12-23-15/h4-5,12-14,19H,3,6-11H2,1-2H3,(H2,17,18,20). The van der Waals surface area contributed by atoms with Crippen LogP contribution in [0.25, 0.3) is 0 Å². The van der Waals surface area contributed by atoms with E-state index in [1.807, 2.05) is 0 Å². The second-order valence-electron chi connectivity index (χ2n) is 6.10. The highest BCUT2D eigenvalue weighted by atomic mass is 32.2. The first kappa shape index (κ1) is 19.2. The molecule has 2 rings (SSSR count). The maximum absolute atomic E-state index is 12.0. The Bertz CT molecular complexity index is 606. The maximum atomic E-state index is 12.0. The van der Waals surface area contributed by atoms with E-state index >= 15 is 0 Å². The molecule has 0 amide bonds. The fourth-order valence-corrected chi connectivity index (χ4v) is 5.03. The number of hydrogen-bond donors (Lipinski definition) is 3. The summed E-state index contributed by atoms with van der Waals surface area (Å²) in [5.74, 6) is 1.61. The molecule has 136 valence electrons. The molecular formula is C16H28N4O2S2. The first-order valence-corrected chi connectivity index (χ1v) is 10.9. The Morgan fingerprint density at radius 2 is 2.04 bits per heavy atom. The van der Waals surface area contributed by atoms with Gasteiger partial charge in [0.05, 0.1) is 0 Å². The Morgan fingerprint density at radius 1 is 1.29 bits per heavy atom. The van der Waals surface area contributed by atoms with Crippen molar-refractivity contribution in [1.29, 1.82) is 0 Å². The molecule has 1 aliphatic rings. The van der Waals surface area contributed by atoms with Crippen LogP contribution in [-0.4, -0.2) is 40.6 Å². The van der Waals surface area contributed by atoms with Crippen LogP contribution < -0.4 is 15.4 Å². The number of nitrogens with zero attached hydrogens (tertiary/aromatic N) is 1. The van der Waals surface area contributed by atoms with Gasteiger partial charge in [-0.15, -0.1) is 11.3 Å². The highest BCUT2D eigenvalue weighted by Crippen LogP contribution is 2.26. The lowest BCUT2D eigenvalue weighted by atomic mass is 9.84. The van der Waals surface area contributed by atoms with Crippen LogP contribution in [0.2, 0.25) is 0 Å². The number of nitrogens with one attached hydrogen (secondary N) is 3. The third-order valence-electron chi connectivity index (χ3n) is 4.46. The lowest BCUT2D eigenvalue weighted by Crippen LogP contribution is -2.46. The van der Waals surface area contributed by atoms with Crippen LogP contribution in [0.5, 0.6) is 0 Å². The summed E-state index contributed by atoms with van der Waals surface area (Å²) in [6, 6.07) is 3.80. The summed E-state index contributed by atoms with van der Waals surface area (Å²) < 4.78 is 27.0. The van der Waals surface area contributed by atoms with Crippen molar-refractivity contribution < 1.29 is 8.42 Å². The SMILES string of the molecule is CCC1CCC(NC(=NC)NCCNS(=O)(=O)c2cccs2)CC1. The number of guanidine groups is 1. The summed E-state index contributed by atoms with van der Waals surface area (Å²) in [6.45, 7) is 3.08. The molecular weight excluding hydrogens is 344 g/mol. The van der Waals surface area contributed by atoms with E-state index in [0.717, 1.165) is 11.9 Å². The minimum absolute atomic E-state index is 0.323. The third kappa shape index (κ3) is 5.75. The van der Waals surface area contributed by atoms with Gasteiger partial charge in [-0.25, -0.2) is 13.1 Å². The third-order valence-corrected chi connectivity index (χ3v) is 7.32. The van der Waals surface area contributed by atoms with E-state index in [4.69, 9.17) is 0 Å². The Morgan fingerprint density at radius 3 is 2.62 bits per heavy atom. The van der Waals surface area contributed by atoms with Crippen molar-refractivity contribution in [2.45, 2.75) is 49.3 Å². The minimum atomic E-state index is -3.39. The van der Waals surface area contributed by atoms with Crippen LogP contribution in [0.3, 0.4) is 0 Å². The van der Waals surface area contributed by atoms with E-state index in [1.54, 1.807) is 24.6 Å². The molecule has 6 nitrogen and oxygen atoms in total. The maximum Gasteiger partial charge on any atom is 0.250 e. The van der Waals surface area contributed by atoms with Crippen LogP contribution in [0, 0.1) is 5.92 Å². The van der Waals surface area contributed by atoms with Gasteiger partial charge in [0.15, 0.2) is 5.96 Å². The summed E-state index contributed by atoms with van der Waals surface area (Å²) in [7, 11) is -1.65. The average molecular weight is 373 g/mol. The highest BCUT2D eigenvalue weighted by Gasteiger charge is 2.20. The predicted molar refractivity (Wildman–Crippen MR) is 100 cm³/mol. The molecule has 1 heterocycles. The monoisotopic (exact) mass is 372 g/mol. The van der Waals surface area contributed by atoms with Crippen molar-refractivity contribution in [1.82, 2.24) is 15.4 Å². The molecule has 0 saturated heterocycles. The highest BCUT2D eigenvalue weighted by molar-refractivity contribution is 7.91. The smallest absolute Gasteiger partial charge is 0.250 e. The zero-order chi connectivity index (χ0) is 17.4. The van der Waals surface area contributed by atoms with Gasteiger partial charge in [0.2, 0.25) is 10.0 Å². The van der Waals surface area contributed by atoms with E-state index < -0.39 is 10.0 Å². The molecule has 1 aromatic rings. The molecule has 0 aliphatic heterocycles. The Balaban J connectivity index is 1.69. The summed E-state index contributed by atoms with van der Waals surface area (Å²) in [4.78, 5) is 4.22. The molecule has 1 fully saturated rings. The normalized spacial score (nSPS) is 22.3. The van der Waals surface area contributed by atoms with Gasteiger partial charge in [-0.05, 0) is 43.0 Å². The molecule has 0 bridgehead atoms. The predicted octanol–water partition coefficient (Wildman–Crippen LogP) is 2.16. The van der Waals surface area contributed by atoms with Crippen LogP contribution in [-0.2, 0) is 10.0 Å². The summed E-state index contributed by atoms with van der Waals surface area (Å²) in [5, 5.41) is 8.37. The molecule has 24 heavy (non-hydrogen) atoms. The Kier molecular flexibility index (Phi) is 7.51. The Hall–Kier alpha value is -1.12. The summed E-state index contributed by atoms with van der Waals surface area (Å²) in [5.41, 5.74) is 0. The van der Waals surface area contributed by atoms with Gasteiger partial charge in [0.1, 0.15) is 4.21 Å². The molecule has 3 N–H and O–H groups in total. The van der Waals surface area contributed by atoms with Gasteiger partial charge in [0.25, 0.3) is 0 Å². The lowest BCUT2D eigenvalue weighted by molar-refractivity contribution is 0.304. The number of rotatable bonds is 7. The summed E-state index contributed by atoms with van der Waals surface area (Å²) >= 11 is 1.22. The molecule has 0 radical (unpaired) electrons. The van der Waals surface area contributed by atoms with Crippen LogP contribution in [0.4, 0.5) is 0 Å². The number of sulfonamides is 1. The van der Waals surface area contributed by atoms with Gasteiger partial charge in [0, 0.05) is 26.2 Å². The number of aliphatic imine (C=N–C) groups is 1. The van der Waals surface area contributed by atoms with Gasteiger partial charge < -0.3 is 10.6 Å². The molecule has 0 aromatic carbocycles. The van der Waals surface area contributed by atoms with E-state index in [-0.39, 0.29) is 0 Å². The molecule has 1 aliphatic carbocycles. The zero-order valence-corrected chi connectivity index (χ0v) is 16.0. The molecule has 0 spiro atoms. The molecule has 0 unspecified atom stereocenters. The largest absolute Gasteiger partial charge is 0.355 e. The molecule has 0 atom stereocenters. The topological polar surface area (TPSA) is 82.6 Å². The number of hydrogen-bond acceptors (Lipinski definition) is 4. The van der Waals surface area contributed by atoms with Gasteiger partial charge in [-0.2, -0.15) is 0 Å². The fourth-order valence-electron chi connectivity index (χ4n) is 2.96. The second kappa shape index (κ2) is 9.39. The van der Waals surface area contributed by atoms with Gasteiger partial charge >= 0.3 is 0 Å². The fraction of sp³-hybridized carbons (Fsp3) is 0.688. The number of thiophene rings is 1. The molecule has 1 saturated carbocycles. The van der Waals surface area contributed by atoms with E-state index in [9.17, 15) is 8.42 Å². The van der Waals surface area contributed by atoms with E-state index in [2.05, 4.69) is 27.3 Å². The van der Waals surface area contributed by atoms with Gasteiger partial charge in [-0.1, -0.05) is 19.4 Å². The molecule has 8 heteroatoms. The first-order chi connectivity index (χ1) is 11.5. The van der Waals surface area contributed by atoms with E-state index in [0.29, 0.717) is 23.3 Å². The zero-order valence-electron chi connectivity index (χ0n) is 14.4. The quantitative estimate of drug-likeness (QED) is 0.389. The van der Waals surface area contributed by atoms with Crippen molar-refractivity contribution in [3.63, 3.8) is 0 Å². The average Bonchev–Trinajstić information content (AvgIpc) is 3.13. The van der Waals surface area contributed by atoms with Crippen molar-refractivity contribution in [3.8, 4) is 0 Å². The van der Waals surface area contributed by atoms with Crippen LogP contribution in [0.1, 0.15) is 39.0 Å². The summed E-state index contributed by atoms with van der Waals surface area (Å²) in [6.07, 6.45) is 6.15. The lowest BCUT2D eigenvalue weighted by Gasteiger charge is -2.29.